The third-order valence-corrected chi connectivity index (χ3v) is 3.47. The fraction of sp³-hybridized carbons (Fsp3) is 0.385. The van der Waals surface area contributed by atoms with Crippen molar-refractivity contribution < 1.29 is 22.8 Å². The molecule has 3 nitrogen and oxygen atoms in total. The zero-order chi connectivity index (χ0) is 15.0. The predicted molar refractivity (Wildman–Crippen MR) is 65.2 cm³/mol. The van der Waals surface area contributed by atoms with Crippen LogP contribution in [0.5, 0.6) is 0 Å². The van der Waals surface area contributed by atoms with Gasteiger partial charge < -0.3 is 0 Å². The molecular formula is C13H10BF3NO2. The first kappa shape index (κ1) is 14.6. The predicted octanol–water partition coefficient (Wildman–Crippen LogP) is 2.57. The minimum absolute atomic E-state index is 0.00116. The van der Waals surface area contributed by atoms with Crippen LogP contribution in [0.1, 0.15) is 30.4 Å². The number of benzene rings is 1. The number of Topliss-reactive ketones (excluding diaryl/α,β-unsaturated/α-hetero) is 2. The van der Waals surface area contributed by atoms with Gasteiger partial charge in [-0.25, -0.2) is 0 Å². The number of hydrogen-bond acceptors (Lipinski definition) is 3. The average Bonchev–Trinajstić information content (AvgIpc) is 2.41. The Hall–Kier alpha value is -1.79. The van der Waals surface area contributed by atoms with Crippen LogP contribution >= 0.6 is 0 Å². The molecule has 0 N–H and O–H groups in total. The van der Waals surface area contributed by atoms with Crippen LogP contribution in [0.4, 0.5) is 13.2 Å². The van der Waals surface area contributed by atoms with E-state index in [1.165, 1.54) is 12.1 Å². The summed E-state index contributed by atoms with van der Waals surface area (Å²) in [4.78, 5) is 27.0. The topological polar surface area (TPSA) is 46.5 Å². The van der Waals surface area contributed by atoms with Crippen molar-refractivity contribution in [1.82, 2.24) is 0 Å². The van der Waals surface area contributed by atoms with E-state index in [0.717, 1.165) is 12.1 Å². The van der Waals surface area contributed by atoms with Gasteiger partial charge in [-0.3, -0.25) is 0 Å². The number of rotatable bonds is 2. The molecule has 1 fully saturated rings. The van der Waals surface area contributed by atoms with E-state index in [4.69, 9.17) is 7.64 Å². The molecule has 1 radical (unpaired) electrons. The Bertz CT molecular complexity index is 585. The van der Waals surface area contributed by atoms with Gasteiger partial charge in [-0.2, -0.15) is 0 Å². The van der Waals surface area contributed by atoms with Crippen LogP contribution in [0.2, 0.25) is 0 Å². The molecule has 0 heterocycles. The standard InChI is InChI=1S/C13H10BF3NO2/c14-18-12(7-3-6-10(19)11(12)20)8-4-1-2-5-9(8)13(15,16)17/h1-2,4-5H,3,6-7H2/t12-/m0/s1. The Morgan fingerprint density at radius 1 is 1.20 bits per heavy atom. The van der Waals surface area contributed by atoms with Crippen molar-refractivity contribution in [3.8, 4) is 0 Å². The van der Waals surface area contributed by atoms with Crippen LogP contribution in [0, 0.1) is 0 Å². The number of hydrogen-bond donors (Lipinski definition) is 0. The first-order chi connectivity index (χ1) is 9.33. The van der Waals surface area contributed by atoms with E-state index in [2.05, 4.69) is 4.90 Å². The SMILES string of the molecule is [B]=N[C@]1(c2ccccc2C(F)(F)F)CCCC(=O)C1=O. The van der Waals surface area contributed by atoms with E-state index in [1.54, 1.807) is 0 Å². The monoisotopic (exact) mass is 280 g/mol. The van der Waals surface area contributed by atoms with Crippen molar-refractivity contribution in [2.24, 2.45) is 4.90 Å². The Morgan fingerprint density at radius 3 is 2.45 bits per heavy atom. The van der Waals surface area contributed by atoms with Crippen molar-refractivity contribution in [1.29, 1.82) is 0 Å². The van der Waals surface area contributed by atoms with Crippen LogP contribution in [0.25, 0.3) is 0 Å². The zero-order valence-corrected chi connectivity index (χ0v) is 10.4. The summed E-state index contributed by atoms with van der Waals surface area (Å²) in [5.41, 5.74) is -3.26. The molecular weight excluding hydrogens is 270 g/mol. The second kappa shape index (κ2) is 4.96. The molecule has 0 aromatic heterocycles. The molecule has 1 aliphatic rings. The summed E-state index contributed by atoms with van der Waals surface area (Å²) in [6, 6.07) is 4.58. The molecule has 103 valence electrons. The van der Waals surface area contributed by atoms with Gasteiger partial charge in [0.25, 0.3) is 0 Å². The van der Waals surface area contributed by atoms with Crippen LogP contribution in [-0.4, -0.2) is 19.2 Å². The van der Waals surface area contributed by atoms with Gasteiger partial charge >= 0.3 is 113 Å². The molecule has 20 heavy (non-hydrogen) atoms. The maximum atomic E-state index is 13.1. The van der Waals surface area contributed by atoms with Crippen LogP contribution in [0.15, 0.2) is 29.2 Å². The summed E-state index contributed by atoms with van der Waals surface area (Å²) >= 11 is 0. The van der Waals surface area contributed by atoms with Gasteiger partial charge in [0.15, 0.2) is 0 Å². The summed E-state index contributed by atoms with van der Waals surface area (Å²) in [7, 11) is 5.22. The molecule has 1 aromatic rings. The van der Waals surface area contributed by atoms with Crippen molar-refractivity contribution >= 4 is 19.2 Å². The Kier molecular flexibility index (Phi) is 3.62. The summed E-state index contributed by atoms with van der Waals surface area (Å²) in [6.07, 6.45) is -4.35. The number of nitrogens with zero attached hydrogens (tertiary/aromatic N) is 1. The summed E-state index contributed by atoms with van der Waals surface area (Å²) < 4.78 is 39.2. The van der Waals surface area contributed by atoms with E-state index in [-0.39, 0.29) is 24.8 Å². The molecule has 7 heteroatoms. The molecule has 0 bridgehead atoms. The molecule has 1 aliphatic carbocycles. The molecule has 0 unspecified atom stereocenters. The molecule has 0 spiro atoms. The van der Waals surface area contributed by atoms with Gasteiger partial charge in [-0.15, -0.1) is 0 Å². The van der Waals surface area contributed by atoms with Crippen LogP contribution in [-0.2, 0) is 21.3 Å². The number of alkyl halides is 3. The first-order valence-corrected chi connectivity index (χ1v) is 5.99. The Balaban J connectivity index is 2.67. The molecule has 0 amide bonds. The summed E-state index contributed by atoms with van der Waals surface area (Å²) in [5, 5.41) is 0. The Labute approximate surface area is 114 Å². The molecule has 1 aromatic carbocycles. The first-order valence-electron chi connectivity index (χ1n) is 5.99. The van der Waals surface area contributed by atoms with E-state index in [1.807, 2.05) is 0 Å². The second-order valence-electron chi connectivity index (χ2n) is 4.64. The van der Waals surface area contributed by atoms with Gasteiger partial charge in [0, 0.05) is 0 Å². The number of ketones is 2. The van der Waals surface area contributed by atoms with E-state index in [9.17, 15) is 22.8 Å². The minimum atomic E-state index is -4.64. The van der Waals surface area contributed by atoms with Crippen LogP contribution < -0.4 is 0 Å². The summed E-state index contributed by atoms with van der Waals surface area (Å²) in [5.74, 6) is -1.70. The molecule has 0 saturated heterocycles. The fourth-order valence-electron chi connectivity index (χ4n) is 2.50. The van der Waals surface area contributed by atoms with E-state index < -0.39 is 28.8 Å². The van der Waals surface area contributed by atoms with Gasteiger partial charge in [0.05, 0.1) is 0 Å². The van der Waals surface area contributed by atoms with Crippen molar-refractivity contribution in [3.05, 3.63) is 35.4 Å². The zero-order valence-electron chi connectivity index (χ0n) is 10.4. The Morgan fingerprint density at radius 2 is 1.85 bits per heavy atom. The number of carbonyl (C=O) groups excluding carboxylic acids is 2. The third kappa shape index (κ3) is 2.21. The second-order valence-corrected chi connectivity index (χ2v) is 4.64. The van der Waals surface area contributed by atoms with E-state index in [0.29, 0.717) is 0 Å². The normalized spacial score (nSPS) is 23.7. The number of carbonyl (C=O) groups is 2. The summed E-state index contributed by atoms with van der Waals surface area (Å²) in [6.45, 7) is 0. The number of halogens is 3. The van der Waals surface area contributed by atoms with Gasteiger partial charge in [-0.05, 0) is 0 Å². The molecule has 1 saturated carbocycles. The maximum absolute atomic E-state index is 13.1. The van der Waals surface area contributed by atoms with Gasteiger partial charge in [0.1, 0.15) is 0 Å². The third-order valence-electron chi connectivity index (χ3n) is 3.47. The fourth-order valence-corrected chi connectivity index (χ4v) is 2.50. The molecule has 2 rings (SSSR count). The molecule has 1 atom stereocenters. The van der Waals surface area contributed by atoms with Crippen molar-refractivity contribution in [3.63, 3.8) is 0 Å². The van der Waals surface area contributed by atoms with Crippen LogP contribution in [0.3, 0.4) is 0 Å². The van der Waals surface area contributed by atoms with Gasteiger partial charge in [0.2, 0.25) is 0 Å². The van der Waals surface area contributed by atoms with Crippen molar-refractivity contribution in [2.75, 3.05) is 0 Å². The quantitative estimate of drug-likeness (QED) is 0.617. The van der Waals surface area contributed by atoms with Gasteiger partial charge in [-0.1, -0.05) is 0 Å². The average molecular weight is 280 g/mol. The molecule has 0 aliphatic heterocycles. The van der Waals surface area contributed by atoms with E-state index >= 15 is 0 Å². The van der Waals surface area contributed by atoms with Crippen molar-refractivity contribution in [2.45, 2.75) is 31.0 Å².